The summed E-state index contributed by atoms with van der Waals surface area (Å²) >= 11 is 0. The van der Waals surface area contributed by atoms with E-state index in [1.807, 2.05) is 0 Å². The fourth-order valence-electron chi connectivity index (χ4n) is 3.77. The van der Waals surface area contributed by atoms with Gasteiger partial charge in [-0.1, -0.05) is 18.2 Å². The predicted molar refractivity (Wildman–Crippen MR) is 99.8 cm³/mol. The summed E-state index contributed by atoms with van der Waals surface area (Å²) in [4.78, 5) is 40.6. The molecule has 0 amide bonds. The first-order chi connectivity index (χ1) is 13.3. The molecule has 2 heterocycles. The second-order valence-electron chi connectivity index (χ2n) is 6.35. The molecule has 1 aromatic rings. The maximum Gasteiger partial charge on any atom is 0.339 e. The highest BCUT2D eigenvalue weighted by molar-refractivity contribution is 6.16. The van der Waals surface area contributed by atoms with E-state index in [0.717, 1.165) is 0 Å². The number of esters is 3. The van der Waals surface area contributed by atoms with Crippen molar-refractivity contribution in [2.45, 2.75) is 26.2 Å². The first-order valence-electron chi connectivity index (χ1n) is 8.93. The number of allylic oxidation sites excluding steroid dienone is 1. The number of nitrogens with two attached hydrogens (primary N) is 1. The summed E-state index contributed by atoms with van der Waals surface area (Å²) in [5.41, 5.74) is 5.19. The normalized spacial score (nSPS) is 21.0. The molecule has 2 aliphatic rings. The van der Waals surface area contributed by atoms with Crippen molar-refractivity contribution in [2.75, 3.05) is 25.2 Å². The molecule has 0 aliphatic carbocycles. The van der Waals surface area contributed by atoms with Gasteiger partial charge in [-0.2, -0.15) is 0 Å². The van der Waals surface area contributed by atoms with Crippen LogP contribution in [0.2, 0.25) is 0 Å². The average molecular weight is 386 g/mol. The third kappa shape index (κ3) is 2.48. The molecule has 0 aromatic heterocycles. The van der Waals surface area contributed by atoms with Gasteiger partial charge in [-0.05, 0) is 26.8 Å². The Bertz CT molecular complexity index is 932. The molecule has 0 radical (unpaired) electrons. The monoisotopic (exact) mass is 386 g/mol. The fraction of sp³-hybridized carbons (Fsp3) is 0.350. The van der Waals surface area contributed by atoms with Crippen LogP contribution in [-0.2, 0) is 34.0 Å². The van der Waals surface area contributed by atoms with Crippen LogP contribution in [0.4, 0.5) is 5.69 Å². The van der Waals surface area contributed by atoms with Gasteiger partial charge in [0.25, 0.3) is 0 Å². The minimum atomic E-state index is -1.85. The number of carbonyl (C=O) groups excluding carboxylic acids is 3. The van der Waals surface area contributed by atoms with Crippen LogP contribution in [0.5, 0.6) is 0 Å². The SMILES string of the molecule is CCOC(=O)C1=C(C)OC(=O)[C@]12C(C(=O)OCC)=C(N)N(C)c1ccccc12. The Morgan fingerprint density at radius 1 is 1.11 bits per heavy atom. The van der Waals surface area contributed by atoms with Gasteiger partial charge in [-0.3, -0.25) is 0 Å². The second-order valence-corrected chi connectivity index (χ2v) is 6.35. The van der Waals surface area contributed by atoms with E-state index in [-0.39, 0.29) is 35.9 Å². The Morgan fingerprint density at radius 2 is 1.68 bits per heavy atom. The van der Waals surface area contributed by atoms with Gasteiger partial charge in [-0.25, -0.2) is 14.4 Å². The summed E-state index contributed by atoms with van der Waals surface area (Å²) in [6.07, 6.45) is 0. The molecule has 8 nitrogen and oxygen atoms in total. The van der Waals surface area contributed by atoms with E-state index in [1.54, 1.807) is 50.1 Å². The zero-order valence-electron chi connectivity index (χ0n) is 16.2. The lowest BCUT2D eigenvalue weighted by molar-refractivity contribution is -0.147. The van der Waals surface area contributed by atoms with Crippen LogP contribution in [0.3, 0.4) is 0 Å². The zero-order chi connectivity index (χ0) is 20.6. The van der Waals surface area contributed by atoms with Crippen molar-refractivity contribution in [3.05, 3.63) is 52.6 Å². The maximum absolute atomic E-state index is 13.2. The molecule has 148 valence electrons. The third-order valence-corrected chi connectivity index (χ3v) is 4.90. The number of ether oxygens (including phenoxy) is 3. The van der Waals surface area contributed by atoms with Crippen LogP contribution in [-0.4, -0.2) is 38.2 Å². The smallest absolute Gasteiger partial charge is 0.339 e. The average Bonchev–Trinajstić information content (AvgIpc) is 2.91. The molecule has 1 spiro atoms. The van der Waals surface area contributed by atoms with Gasteiger partial charge in [0.05, 0.1) is 13.2 Å². The van der Waals surface area contributed by atoms with E-state index in [1.165, 1.54) is 6.92 Å². The Kier molecular flexibility index (Phi) is 4.89. The van der Waals surface area contributed by atoms with Crippen LogP contribution in [0, 0.1) is 0 Å². The topological polar surface area (TPSA) is 108 Å². The second kappa shape index (κ2) is 7.03. The number of benzene rings is 1. The van der Waals surface area contributed by atoms with Gasteiger partial charge in [0.1, 0.15) is 22.7 Å². The minimum absolute atomic E-state index is 0.00518. The largest absolute Gasteiger partial charge is 0.462 e. The Morgan fingerprint density at radius 3 is 2.29 bits per heavy atom. The lowest BCUT2D eigenvalue weighted by Crippen LogP contribution is -2.50. The van der Waals surface area contributed by atoms with Gasteiger partial charge in [0.2, 0.25) is 0 Å². The van der Waals surface area contributed by atoms with Crippen molar-refractivity contribution < 1.29 is 28.6 Å². The summed E-state index contributed by atoms with van der Waals surface area (Å²) in [7, 11) is 1.67. The van der Waals surface area contributed by atoms with Crippen LogP contribution in [0.15, 0.2) is 47.0 Å². The molecule has 0 bridgehead atoms. The molecular weight excluding hydrogens is 364 g/mol. The lowest BCUT2D eigenvalue weighted by atomic mass is 9.66. The number of hydrogen-bond acceptors (Lipinski definition) is 8. The summed E-state index contributed by atoms with van der Waals surface area (Å²) in [5, 5.41) is 0. The molecule has 2 N–H and O–H groups in total. The van der Waals surface area contributed by atoms with Crippen molar-refractivity contribution in [1.29, 1.82) is 0 Å². The molecule has 0 saturated carbocycles. The number of carbonyl (C=O) groups is 3. The Hall–Kier alpha value is -3.29. The maximum atomic E-state index is 13.2. The molecule has 3 rings (SSSR count). The number of rotatable bonds is 4. The van der Waals surface area contributed by atoms with Crippen LogP contribution >= 0.6 is 0 Å². The van der Waals surface area contributed by atoms with Crippen molar-refractivity contribution in [3.63, 3.8) is 0 Å². The van der Waals surface area contributed by atoms with Crippen molar-refractivity contribution in [2.24, 2.45) is 5.73 Å². The van der Waals surface area contributed by atoms with E-state index in [9.17, 15) is 14.4 Å². The number of hydrogen-bond donors (Lipinski definition) is 1. The van der Waals surface area contributed by atoms with Gasteiger partial charge in [-0.15, -0.1) is 0 Å². The molecule has 1 aromatic carbocycles. The summed E-state index contributed by atoms with van der Waals surface area (Å²) in [6, 6.07) is 6.89. The molecule has 0 saturated heterocycles. The first kappa shape index (κ1) is 19.5. The van der Waals surface area contributed by atoms with Crippen molar-refractivity contribution in [1.82, 2.24) is 0 Å². The highest BCUT2D eigenvalue weighted by Gasteiger charge is 2.63. The van der Waals surface area contributed by atoms with E-state index in [0.29, 0.717) is 11.3 Å². The van der Waals surface area contributed by atoms with E-state index in [4.69, 9.17) is 19.9 Å². The van der Waals surface area contributed by atoms with Crippen LogP contribution < -0.4 is 10.6 Å². The first-order valence-corrected chi connectivity index (χ1v) is 8.93. The van der Waals surface area contributed by atoms with E-state index in [2.05, 4.69) is 0 Å². The Balaban J connectivity index is 2.42. The lowest BCUT2D eigenvalue weighted by Gasteiger charge is -2.39. The predicted octanol–water partition coefficient (Wildman–Crippen LogP) is 1.50. The molecule has 0 unspecified atom stereocenters. The molecule has 2 aliphatic heterocycles. The van der Waals surface area contributed by atoms with Gasteiger partial charge in [0, 0.05) is 18.3 Å². The highest BCUT2D eigenvalue weighted by atomic mass is 16.6. The number of nitrogens with zero attached hydrogens (tertiary/aromatic N) is 1. The number of para-hydroxylation sites is 1. The van der Waals surface area contributed by atoms with E-state index >= 15 is 0 Å². The zero-order valence-corrected chi connectivity index (χ0v) is 16.2. The molecule has 0 fully saturated rings. The molecule has 1 atom stereocenters. The standard InChI is InChI=1S/C20H22N2O6/c1-5-26-17(23)14-11(3)28-19(25)20(14)12-9-7-8-10-13(12)22(4)16(21)15(20)18(24)27-6-2/h7-10H,5-6,21H2,1-4H3/t20-/m0/s1. The quantitative estimate of drug-likeness (QED) is 0.613. The Labute approximate surface area is 162 Å². The van der Waals surface area contributed by atoms with Crippen molar-refractivity contribution >= 4 is 23.6 Å². The molecular formula is C20H22N2O6. The molecule has 8 heteroatoms. The third-order valence-electron chi connectivity index (χ3n) is 4.90. The highest BCUT2D eigenvalue weighted by Crippen LogP contribution is 2.53. The molecule has 28 heavy (non-hydrogen) atoms. The number of fused-ring (bicyclic) bond motifs is 2. The minimum Gasteiger partial charge on any atom is -0.462 e. The number of cyclic esters (lactones) is 1. The summed E-state index contributed by atoms with van der Waals surface area (Å²) < 4.78 is 15.7. The number of anilines is 1. The van der Waals surface area contributed by atoms with Crippen molar-refractivity contribution in [3.8, 4) is 0 Å². The summed E-state index contributed by atoms with van der Waals surface area (Å²) in [6.45, 7) is 4.94. The van der Waals surface area contributed by atoms with E-state index < -0.39 is 23.3 Å². The van der Waals surface area contributed by atoms with Gasteiger partial charge >= 0.3 is 17.9 Å². The fourth-order valence-corrected chi connectivity index (χ4v) is 3.77. The van der Waals surface area contributed by atoms with Crippen LogP contribution in [0.25, 0.3) is 0 Å². The summed E-state index contributed by atoms with van der Waals surface area (Å²) in [5.74, 6) is -2.27. The van der Waals surface area contributed by atoms with Gasteiger partial charge < -0.3 is 24.8 Å². The van der Waals surface area contributed by atoms with Crippen LogP contribution in [0.1, 0.15) is 26.3 Å². The van der Waals surface area contributed by atoms with Gasteiger partial charge in [0.15, 0.2) is 5.41 Å².